The Hall–Kier alpha value is -2.79. The Bertz CT molecular complexity index is 992. The van der Waals surface area contributed by atoms with Crippen molar-refractivity contribution in [1.29, 1.82) is 0 Å². The van der Waals surface area contributed by atoms with Gasteiger partial charge in [0.05, 0.1) is 0 Å². The molecule has 0 saturated heterocycles. The van der Waals surface area contributed by atoms with Crippen molar-refractivity contribution < 1.29 is 4.79 Å². The van der Waals surface area contributed by atoms with Crippen molar-refractivity contribution in [3.8, 4) is 0 Å². The maximum Gasteiger partial charge on any atom is 0.270 e. The van der Waals surface area contributed by atoms with Crippen LogP contribution in [0.4, 0.5) is 5.69 Å². The van der Waals surface area contributed by atoms with Gasteiger partial charge >= 0.3 is 0 Å². The van der Waals surface area contributed by atoms with Crippen LogP contribution in [0.15, 0.2) is 48.5 Å². The summed E-state index contributed by atoms with van der Waals surface area (Å²) in [7, 11) is 0. The third kappa shape index (κ3) is 4.36. The number of H-pyrrole nitrogens is 1. The molecule has 0 bridgehead atoms. The number of hydrogen-bond donors (Lipinski definition) is 3. The number of aryl methyl sites for hydroxylation is 1. The Balaban J connectivity index is 1.41. The molecule has 2 atom stereocenters. The molecular weight excluding hydrogens is 372 g/mol. The van der Waals surface area contributed by atoms with E-state index in [-0.39, 0.29) is 11.9 Å². The summed E-state index contributed by atoms with van der Waals surface area (Å²) < 4.78 is 0. The fraction of sp³-hybridized carbons (Fsp3) is 0.400. The number of aromatic amines is 1. The second-order valence-corrected chi connectivity index (χ2v) is 8.45. The number of para-hydroxylation sites is 1. The van der Waals surface area contributed by atoms with Gasteiger partial charge in [-0.15, -0.1) is 0 Å². The molecule has 0 unspecified atom stereocenters. The minimum atomic E-state index is 0.105. The minimum Gasteiger partial charge on any atom is -0.399 e. The van der Waals surface area contributed by atoms with Crippen LogP contribution in [-0.4, -0.2) is 34.4 Å². The van der Waals surface area contributed by atoms with Gasteiger partial charge in [0.15, 0.2) is 0 Å². The molecule has 0 aliphatic heterocycles. The molecule has 1 aromatic heterocycles. The number of nitrogens with zero attached hydrogens (tertiary/aromatic N) is 1. The molecule has 4 rings (SSSR count). The highest BCUT2D eigenvalue weighted by molar-refractivity contribution is 5.98. The Morgan fingerprint density at radius 1 is 1.20 bits per heavy atom. The summed E-state index contributed by atoms with van der Waals surface area (Å²) in [5.74, 6) is 0.105. The van der Waals surface area contributed by atoms with Crippen molar-refractivity contribution in [3.63, 3.8) is 0 Å². The predicted octanol–water partition coefficient (Wildman–Crippen LogP) is 4.62. The first-order chi connectivity index (χ1) is 14.5. The van der Waals surface area contributed by atoms with Gasteiger partial charge in [0, 0.05) is 41.8 Å². The van der Waals surface area contributed by atoms with Crippen LogP contribution in [0.3, 0.4) is 0 Å². The predicted molar refractivity (Wildman–Crippen MR) is 123 cm³/mol. The molecule has 1 aliphatic rings. The second kappa shape index (κ2) is 8.92. The number of nitrogens with one attached hydrogen (secondary N) is 2. The Morgan fingerprint density at radius 3 is 2.80 bits per heavy atom. The van der Waals surface area contributed by atoms with Crippen molar-refractivity contribution >= 4 is 22.5 Å². The van der Waals surface area contributed by atoms with Crippen LogP contribution in [-0.2, 0) is 6.54 Å². The van der Waals surface area contributed by atoms with Gasteiger partial charge in [-0.2, -0.15) is 0 Å². The summed E-state index contributed by atoms with van der Waals surface area (Å²) in [6, 6.07) is 16.9. The number of carbonyl (C=O) groups is 1. The van der Waals surface area contributed by atoms with Gasteiger partial charge in [-0.25, -0.2) is 0 Å². The maximum absolute atomic E-state index is 13.3. The number of rotatable bonds is 6. The molecule has 1 saturated carbocycles. The molecule has 30 heavy (non-hydrogen) atoms. The van der Waals surface area contributed by atoms with E-state index in [2.05, 4.69) is 29.4 Å². The van der Waals surface area contributed by atoms with E-state index in [0.717, 1.165) is 60.9 Å². The lowest BCUT2D eigenvalue weighted by Crippen LogP contribution is -2.46. The molecule has 5 nitrogen and oxygen atoms in total. The molecule has 3 aromatic rings. The second-order valence-electron chi connectivity index (χ2n) is 8.45. The maximum atomic E-state index is 13.3. The zero-order valence-corrected chi connectivity index (χ0v) is 17.9. The standard InChI is InChI=1S/C25H32N4O/c1-3-29(25(30)24-14-19-7-4-5-10-23(19)28-24)21-9-6-8-20(15-21)27-16-18-11-12-22(26)17(2)13-18/h4-5,7,10-14,20-21,27-28H,3,6,8-9,15-16,26H2,1-2H3/t20-,21+/m1/s1. The number of nitrogen functional groups attached to an aromatic ring is 1. The number of anilines is 1. The summed E-state index contributed by atoms with van der Waals surface area (Å²) in [6.07, 6.45) is 4.36. The van der Waals surface area contributed by atoms with Crippen molar-refractivity contribution in [3.05, 3.63) is 65.4 Å². The van der Waals surface area contributed by atoms with Crippen molar-refractivity contribution in [2.45, 2.75) is 58.2 Å². The topological polar surface area (TPSA) is 74.2 Å². The molecule has 1 aliphatic carbocycles. The van der Waals surface area contributed by atoms with Crippen LogP contribution in [0.2, 0.25) is 0 Å². The average Bonchev–Trinajstić information content (AvgIpc) is 3.20. The molecule has 0 radical (unpaired) electrons. The van der Waals surface area contributed by atoms with Gasteiger partial charge in [-0.3, -0.25) is 4.79 Å². The van der Waals surface area contributed by atoms with Gasteiger partial charge in [0.2, 0.25) is 0 Å². The fourth-order valence-corrected chi connectivity index (χ4v) is 4.65. The van der Waals surface area contributed by atoms with E-state index in [1.165, 1.54) is 5.56 Å². The van der Waals surface area contributed by atoms with Crippen LogP contribution in [0.5, 0.6) is 0 Å². The summed E-state index contributed by atoms with van der Waals surface area (Å²) in [6.45, 7) is 5.68. The highest BCUT2D eigenvalue weighted by Gasteiger charge is 2.29. The lowest BCUT2D eigenvalue weighted by Gasteiger charge is -2.37. The molecule has 2 aromatic carbocycles. The highest BCUT2D eigenvalue weighted by Crippen LogP contribution is 2.26. The summed E-state index contributed by atoms with van der Waals surface area (Å²) >= 11 is 0. The SMILES string of the molecule is CCN(C(=O)c1cc2ccccc2[nH]1)[C@H]1CCC[C@@H](NCc2ccc(N)c(C)c2)C1. The molecular formula is C25H32N4O. The zero-order chi connectivity index (χ0) is 21.1. The number of hydrogen-bond acceptors (Lipinski definition) is 3. The van der Waals surface area contributed by atoms with E-state index in [1.54, 1.807) is 0 Å². The van der Waals surface area contributed by atoms with Gasteiger partial charge in [-0.05, 0) is 68.9 Å². The largest absolute Gasteiger partial charge is 0.399 e. The van der Waals surface area contributed by atoms with Crippen LogP contribution >= 0.6 is 0 Å². The van der Waals surface area contributed by atoms with Crippen LogP contribution < -0.4 is 11.1 Å². The Morgan fingerprint density at radius 2 is 2.03 bits per heavy atom. The summed E-state index contributed by atoms with van der Waals surface area (Å²) in [5.41, 5.74) is 10.8. The normalized spacial score (nSPS) is 19.1. The third-order valence-corrected chi connectivity index (χ3v) is 6.38. The lowest BCUT2D eigenvalue weighted by molar-refractivity contribution is 0.0623. The zero-order valence-electron chi connectivity index (χ0n) is 17.9. The van der Waals surface area contributed by atoms with Crippen LogP contribution in [0.25, 0.3) is 10.9 Å². The first-order valence-corrected chi connectivity index (χ1v) is 11.0. The van der Waals surface area contributed by atoms with Gasteiger partial charge < -0.3 is 20.9 Å². The number of benzene rings is 2. The molecule has 158 valence electrons. The number of nitrogens with two attached hydrogens (primary N) is 1. The summed E-state index contributed by atoms with van der Waals surface area (Å²) in [4.78, 5) is 18.6. The molecule has 5 heteroatoms. The van der Waals surface area contributed by atoms with Gasteiger partial charge in [0.25, 0.3) is 5.91 Å². The third-order valence-electron chi connectivity index (χ3n) is 6.38. The highest BCUT2D eigenvalue weighted by atomic mass is 16.2. The van der Waals surface area contributed by atoms with Crippen molar-refractivity contribution in [1.82, 2.24) is 15.2 Å². The number of amides is 1. The number of fused-ring (bicyclic) bond motifs is 1. The first kappa shape index (κ1) is 20.5. The molecule has 1 amide bonds. The Labute approximate surface area is 178 Å². The molecule has 0 spiro atoms. The average molecular weight is 405 g/mol. The number of aromatic nitrogens is 1. The first-order valence-electron chi connectivity index (χ1n) is 11.0. The quantitative estimate of drug-likeness (QED) is 0.525. The van der Waals surface area contributed by atoms with Crippen LogP contribution in [0, 0.1) is 6.92 Å². The van der Waals surface area contributed by atoms with E-state index < -0.39 is 0 Å². The van der Waals surface area contributed by atoms with E-state index >= 15 is 0 Å². The molecule has 4 N–H and O–H groups in total. The van der Waals surface area contributed by atoms with E-state index in [4.69, 9.17) is 5.73 Å². The lowest BCUT2D eigenvalue weighted by atomic mass is 9.89. The van der Waals surface area contributed by atoms with E-state index in [0.29, 0.717) is 11.7 Å². The van der Waals surface area contributed by atoms with E-state index in [9.17, 15) is 4.79 Å². The number of carbonyl (C=O) groups excluding carboxylic acids is 1. The molecule has 1 heterocycles. The van der Waals surface area contributed by atoms with Crippen molar-refractivity contribution in [2.75, 3.05) is 12.3 Å². The van der Waals surface area contributed by atoms with Crippen LogP contribution in [0.1, 0.15) is 54.2 Å². The van der Waals surface area contributed by atoms with Gasteiger partial charge in [0.1, 0.15) is 5.69 Å². The smallest absolute Gasteiger partial charge is 0.270 e. The fourth-order valence-electron chi connectivity index (χ4n) is 4.65. The monoisotopic (exact) mass is 404 g/mol. The Kier molecular flexibility index (Phi) is 6.09. The van der Waals surface area contributed by atoms with Gasteiger partial charge in [-0.1, -0.05) is 30.3 Å². The van der Waals surface area contributed by atoms with Crippen molar-refractivity contribution in [2.24, 2.45) is 0 Å². The minimum absolute atomic E-state index is 0.105. The molecule has 1 fully saturated rings. The summed E-state index contributed by atoms with van der Waals surface area (Å²) in [5, 5.41) is 4.79. The van der Waals surface area contributed by atoms with E-state index in [1.807, 2.05) is 48.2 Å².